The zero-order chi connectivity index (χ0) is 13.9. The van der Waals surface area contributed by atoms with Gasteiger partial charge >= 0.3 is 0 Å². The van der Waals surface area contributed by atoms with Crippen LogP contribution in [-0.4, -0.2) is 30.1 Å². The Morgan fingerprint density at radius 1 is 1.15 bits per heavy atom. The fourth-order valence-electron chi connectivity index (χ4n) is 3.03. The molecule has 1 aromatic carbocycles. The van der Waals surface area contributed by atoms with Gasteiger partial charge in [-0.3, -0.25) is 4.90 Å². The van der Waals surface area contributed by atoms with Gasteiger partial charge in [0, 0.05) is 25.2 Å². The second-order valence-electron chi connectivity index (χ2n) is 6.02. The number of rotatable bonds is 5. The summed E-state index contributed by atoms with van der Waals surface area (Å²) in [6.07, 6.45) is 6.62. The van der Waals surface area contributed by atoms with E-state index in [2.05, 4.69) is 16.3 Å². The average molecular weight is 313 g/mol. The van der Waals surface area contributed by atoms with E-state index >= 15 is 0 Å². The smallest absolute Gasteiger partial charge is 0.0637 e. The molecular formula is C16H22Cl2N2. The molecular weight excluding hydrogens is 291 g/mol. The van der Waals surface area contributed by atoms with Gasteiger partial charge < -0.3 is 5.32 Å². The van der Waals surface area contributed by atoms with Crippen LogP contribution in [0.1, 0.15) is 37.7 Å². The van der Waals surface area contributed by atoms with E-state index < -0.39 is 0 Å². The molecule has 20 heavy (non-hydrogen) atoms. The quantitative estimate of drug-likeness (QED) is 0.880. The van der Waals surface area contributed by atoms with Gasteiger partial charge in [-0.15, -0.1) is 0 Å². The summed E-state index contributed by atoms with van der Waals surface area (Å²) < 4.78 is 0. The molecule has 0 aromatic heterocycles. The third kappa shape index (κ3) is 3.67. The first-order valence-corrected chi connectivity index (χ1v) is 8.40. The Hall–Kier alpha value is -0.280. The normalized spacial score (nSPS) is 23.2. The summed E-state index contributed by atoms with van der Waals surface area (Å²) >= 11 is 12.5. The van der Waals surface area contributed by atoms with Crippen LogP contribution in [0.5, 0.6) is 0 Å². The van der Waals surface area contributed by atoms with Crippen molar-refractivity contribution in [3.8, 4) is 0 Å². The first kappa shape index (κ1) is 14.6. The highest BCUT2D eigenvalue weighted by Crippen LogP contribution is 2.32. The molecule has 4 heteroatoms. The molecule has 1 aliphatic carbocycles. The number of nitrogens with one attached hydrogen (secondary N) is 1. The van der Waals surface area contributed by atoms with E-state index in [9.17, 15) is 0 Å². The Morgan fingerprint density at radius 3 is 2.70 bits per heavy atom. The Labute approximate surface area is 131 Å². The second kappa shape index (κ2) is 6.65. The Morgan fingerprint density at radius 2 is 2.00 bits per heavy atom. The summed E-state index contributed by atoms with van der Waals surface area (Å²) in [5, 5.41) is 5.02. The van der Waals surface area contributed by atoms with Crippen molar-refractivity contribution in [2.45, 2.75) is 50.7 Å². The van der Waals surface area contributed by atoms with Gasteiger partial charge in [0.1, 0.15) is 0 Å². The largest absolute Gasteiger partial charge is 0.313 e. The van der Waals surface area contributed by atoms with Gasteiger partial charge in [0.15, 0.2) is 0 Å². The number of hydrogen-bond donors (Lipinski definition) is 1. The number of benzene rings is 1. The number of hydrogen-bond acceptors (Lipinski definition) is 2. The molecule has 3 rings (SSSR count). The maximum absolute atomic E-state index is 6.33. The van der Waals surface area contributed by atoms with E-state index in [1.807, 2.05) is 12.1 Å². The zero-order valence-electron chi connectivity index (χ0n) is 11.7. The van der Waals surface area contributed by atoms with E-state index in [0.717, 1.165) is 29.7 Å². The van der Waals surface area contributed by atoms with E-state index in [1.165, 1.54) is 38.6 Å². The lowest BCUT2D eigenvalue weighted by atomic mass is 10.0. The molecule has 1 N–H and O–H groups in total. The standard InChI is InChI=1S/C16H22Cl2N2/c17-15-6-3-4-12(16(15)18)10-20(14-7-8-14)11-13-5-1-2-9-19-13/h3-4,6,13-14,19H,1-2,5,7-11H2. The van der Waals surface area contributed by atoms with Crippen molar-refractivity contribution >= 4 is 23.2 Å². The molecule has 1 unspecified atom stereocenters. The Kier molecular flexibility index (Phi) is 4.87. The molecule has 0 amide bonds. The van der Waals surface area contributed by atoms with Crippen LogP contribution in [-0.2, 0) is 6.54 Å². The molecule has 1 saturated carbocycles. The first-order chi connectivity index (χ1) is 9.74. The van der Waals surface area contributed by atoms with Crippen LogP contribution in [0.4, 0.5) is 0 Å². The second-order valence-corrected chi connectivity index (χ2v) is 6.81. The minimum absolute atomic E-state index is 0.641. The van der Waals surface area contributed by atoms with Crippen LogP contribution in [0.25, 0.3) is 0 Å². The lowest BCUT2D eigenvalue weighted by Crippen LogP contribution is -2.44. The predicted octanol–water partition coefficient (Wildman–Crippen LogP) is 4.10. The predicted molar refractivity (Wildman–Crippen MR) is 85.5 cm³/mol. The van der Waals surface area contributed by atoms with Gasteiger partial charge in [0.25, 0.3) is 0 Å². The highest BCUT2D eigenvalue weighted by Gasteiger charge is 2.31. The molecule has 0 bridgehead atoms. The topological polar surface area (TPSA) is 15.3 Å². The van der Waals surface area contributed by atoms with Crippen LogP contribution in [0.2, 0.25) is 10.0 Å². The van der Waals surface area contributed by atoms with E-state index in [-0.39, 0.29) is 0 Å². The van der Waals surface area contributed by atoms with Gasteiger partial charge in [-0.2, -0.15) is 0 Å². The van der Waals surface area contributed by atoms with Crippen LogP contribution in [0.3, 0.4) is 0 Å². The summed E-state index contributed by atoms with van der Waals surface area (Å²) in [6, 6.07) is 7.33. The fourth-order valence-corrected chi connectivity index (χ4v) is 3.41. The van der Waals surface area contributed by atoms with Crippen molar-refractivity contribution in [1.29, 1.82) is 0 Å². The maximum atomic E-state index is 6.33. The molecule has 2 nitrogen and oxygen atoms in total. The van der Waals surface area contributed by atoms with Crippen molar-refractivity contribution in [1.82, 2.24) is 10.2 Å². The van der Waals surface area contributed by atoms with Crippen molar-refractivity contribution in [3.05, 3.63) is 33.8 Å². The lowest BCUT2D eigenvalue weighted by molar-refractivity contribution is 0.208. The summed E-state index contributed by atoms with van der Waals surface area (Å²) in [6.45, 7) is 3.22. The van der Waals surface area contributed by atoms with E-state index in [1.54, 1.807) is 0 Å². The third-order valence-electron chi connectivity index (χ3n) is 4.34. The van der Waals surface area contributed by atoms with Crippen LogP contribution < -0.4 is 5.32 Å². The van der Waals surface area contributed by atoms with Crippen molar-refractivity contribution in [2.75, 3.05) is 13.1 Å². The summed E-state index contributed by atoms with van der Waals surface area (Å²) in [4.78, 5) is 2.58. The highest BCUT2D eigenvalue weighted by atomic mass is 35.5. The third-order valence-corrected chi connectivity index (χ3v) is 5.19. The number of piperidine rings is 1. The van der Waals surface area contributed by atoms with Gasteiger partial charge in [-0.25, -0.2) is 0 Å². The Balaban J connectivity index is 1.66. The molecule has 1 aliphatic heterocycles. The van der Waals surface area contributed by atoms with Crippen LogP contribution >= 0.6 is 23.2 Å². The summed E-state index contributed by atoms with van der Waals surface area (Å²) in [5.41, 5.74) is 1.15. The first-order valence-electron chi connectivity index (χ1n) is 7.64. The van der Waals surface area contributed by atoms with Crippen molar-refractivity contribution in [2.24, 2.45) is 0 Å². The van der Waals surface area contributed by atoms with Crippen LogP contribution in [0, 0.1) is 0 Å². The summed E-state index contributed by atoms with van der Waals surface area (Å²) in [7, 11) is 0. The molecule has 1 heterocycles. The summed E-state index contributed by atoms with van der Waals surface area (Å²) in [5.74, 6) is 0. The minimum atomic E-state index is 0.641. The highest BCUT2D eigenvalue weighted by molar-refractivity contribution is 6.42. The molecule has 0 radical (unpaired) electrons. The zero-order valence-corrected chi connectivity index (χ0v) is 13.3. The number of nitrogens with zero attached hydrogens (tertiary/aromatic N) is 1. The minimum Gasteiger partial charge on any atom is -0.313 e. The maximum Gasteiger partial charge on any atom is 0.0637 e. The van der Waals surface area contributed by atoms with Crippen molar-refractivity contribution in [3.63, 3.8) is 0 Å². The fraction of sp³-hybridized carbons (Fsp3) is 0.625. The molecule has 1 atom stereocenters. The van der Waals surface area contributed by atoms with Gasteiger partial charge in [0.2, 0.25) is 0 Å². The SMILES string of the molecule is Clc1cccc(CN(CC2CCCCN2)C2CC2)c1Cl. The molecule has 2 fully saturated rings. The van der Waals surface area contributed by atoms with E-state index in [4.69, 9.17) is 23.2 Å². The lowest BCUT2D eigenvalue weighted by Gasteiger charge is -2.31. The van der Waals surface area contributed by atoms with Gasteiger partial charge in [-0.1, -0.05) is 41.8 Å². The Bertz CT molecular complexity index is 454. The molecule has 1 aromatic rings. The average Bonchev–Trinajstić information content (AvgIpc) is 3.29. The van der Waals surface area contributed by atoms with Gasteiger partial charge in [-0.05, 0) is 43.9 Å². The molecule has 1 saturated heterocycles. The molecule has 110 valence electrons. The molecule has 2 aliphatic rings. The monoisotopic (exact) mass is 312 g/mol. The van der Waals surface area contributed by atoms with Crippen LogP contribution in [0.15, 0.2) is 18.2 Å². The van der Waals surface area contributed by atoms with Crippen molar-refractivity contribution < 1.29 is 0 Å². The van der Waals surface area contributed by atoms with Gasteiger partial charge in [0.05, 0.1) is 10.0 Å². The van der Waals surface area contributed by atoms with E-state index in [0.29, 0.717) is 11.1 Å². The number of halogens is 2. The molecule has 0 spiro atoms.